The van der Waals surface area contributed by atoms with Crippen molar-refractivity contribution in [3.63, 3.8) is 0 Å². The van der Waals surface area contributed by atoms with Crippen LogP contribution in [0.1, 0.15) is 45.1 Å². The normalized spacial score (nSPS) is 12.0. The van der Waals surface area contributed by atoms with Crippen molar-refractivity contribution in [2.24, 2.45) is 0 Å². The Kier molecular flexibility index (Phi) is 6.11. The third-order valence-corrected chi connectivity index (χ3v) is 6.58. The summed E-state index contributed by atoms with van der Waals surface area (Å²) >= 11 is 0. The summed E-state index contributed by atoms with van der Waals surface area (Å²) in [5.41, 5.74) is 8.04. The van der Waals surface area contributed by atoms with Gasteiger partial charge in [0.05, 0.1) is 34.4 Å². The summed E-state index contributed by atoms with van der Waals surface area (Å²) < 4.78 is 2.88. The minimum atomic E-state index is -0.723. The van der Waals surface area contributed by atoms with Crippen molar-refractivity contribution < 1.29 is 9.59 Å². The van der Waals surface area contributed by atoms with Crippen molar-refractivity contribution in [3.05, 3.63) is 112 Å². The van der Waals surface area contributed by atoms with Crippen LogP contribution in [0.15, 0.2) is 84.2 Å². The maximum absolute atomic E-state index is 14.1. The van der Waals surface area contributed by atoms with Crippen LogP contribution >= 0.6 is 0 Å². The quantitative estimate of drug-likeness (QED) is 0.263. The van der Waals surface area contributed by atoms with Crippen LogP contribution in [0.25, 0.3) is 22.2 Å². The average Bonchev–Trinajstić information content (AvgIpc) is 3.61. The van der Waals surface area contributed by atoms with Crippen LogP contribution in [0.4, 0.5) is 5.82 Å². The number of rotatable bonds is 7. The van der Waals surface area contributed by atoms with E-state index in [4.69, 9.17) is 10.7 Å². The molecule has 4 heterocycles. The summed E-state index contributed by atoms with van der Waals surface area (Å²) in [6.45, 7) is 1.73. The number of hydrogen-bond donors (Lipinski definition) is 3. The van der Waals surface area contributed by atoms with Gasteiger partial charge in [-0.05, 0) is 36.8 Å². The highest BCUT2D eigenvalue weighted by Crippen LogP contribution is 2.23. The molecule has 0 radical (unpaired) electrons. The number of nitrogen functional groups attached to an aromatic ring is 1. The number of aromatic amines is 1. The zero-order valence-electron chi connectivity index (χ0n) is 21.3. The molecule has 1 amide bonds. The number of para-hydroxylation sites is 1. The maximum atomic E-state index is 14.1. The fourth-order valence-corrected chi connectivity index (χ4v) is 4.71. The summed E-state index contributed by atoms with van der Waals surface area (Å²) in [6, 6.07) is 15.2. The van der Waals surface area contributed by atoms with Gasteiger partial charge in [0.15, 0.2) is 17.2 Å². The van der Waals surface area contributed by atoms with E-state index in [2.05, 4.69) is 25.6 Å². The molecule has 40 heavy (non-hydrogen) atoms. The van der Waals surface area contributed by atoms with Crippen LogP contribution in [0.5, 0.6) is 0 Å². The van der Waals surface area contributed by atoms with Gasteiger partial charge in [0.25, 0.3) is 11.5 Å². The number of aromatic nitrogens is 7. The van der Waals surface area contributed by atoms with E-state index in [0.717, 1.165) is 0 Å². The Morgan fingerprint density at radius 1 is 1.10 bits per heavy atom. The lowest BCUT2D eigenvalue weighted by molar-refractivity contribution is 0.0938. The number of nitrogens with two attached hydrogens (primary N) is 1. The number of carbonyl (C=O) groups is 2. The van der Waals surface area contributed by atoms with Gasteiger partial charge in [-0.3, -0.25) is 24.0 Å². The zero-order chi connectivity index (χ0) is 27.8. The highest BCUT2D eigenvalue weighted by Gasteiger charge is 2.25. The fraction of sp³-hybridized carbons (Fsp3) is 0.107. The molecule has 12 nitrogen and oxygen atoms in total. The van der Waals surface area contributed by atoms with Gasteiger partial charge in [-0.2, -0.15) is 5.10 Å². The van der Waals surface area contributed by atoms with Gasteiger partial charge in [0, 0.05) is 25.0 Å². The van der Waals surface area contributed by atoms with E-state index in [1.165, 1.54) is 21.5 Å². The van der Waals surface area contributed by atoms with E-state index in [-0.39, 0.29) is 29.1 Å². The Morgan fingerprint density at radius 2 is 1.93 bits per heavy atom. The molecule has 4 aromatic heterocycles. The summed E-state index contributed by atoms with van der Waals surface area (Å²) in [6.07, 6.45) is 6.15. The minimum absolute atomic E-state index is 0.00474. The number of benzene rings is 2. The van der Waals surface area contributed by atoms with E-state index in [9.17, 15) is 14.4 Å². The van der Waals surface area contributed by atoms with Crippen LogP contribution in [-0.4, -0.2) is 46.0 Å². The first-order chi connectivity index (χ1) is 19.4. The summed E-state index contributed by atoms with van der Waals surface area (Å²) in [5.74, 6) is -0.357. The summed E-state index contributed by atoms with van der Waals surface area (Å²) in [5, 5.41) is 13.8. The molecule has 6 rings (SSSR count). The molecular formula is C28H23N9O3. The van der Waals surface area contributed by atoms with Crippen LogP contribution in [0.2, 0.25) is 0 Å². The number of carbonyl (C=O) groups excluding carboxylic acids is 2. The Balaban J connectivity index is 1.46. The van der Waals surface area contributed by atoms with E-state index in [0.29, 0.717) is 39.2 Å². The lowest BCUT2D eigenvalue weighted by Crippen LogP contribution is -2.33. The van der Waals surface area contributed by atoms with Gasteiger partial charge in [-0.25, -0.2) is 14.5 Å². The molecule has 198 valence electrons. The summed E-state index contributed by atoms with van der Waals surface area (Å²) in [4.78, 5) is 49.4. The second-order valence-corrected chi connectivity index (χ2v) is 9.19. The first kappa shape index (κ1) is 24.7. The first-order valence-corrected chi connectivity index (χ1v) is 12.4. The third kappa shape index (κ3) is 4.26. The van der Waals surface area contributed by atoms with Crippen LogP contribution in [0, 0.1) is 0 Å². The minimum Gasteiger partial charge on any atom is -0.381 e. The van der Waals surface area contributed by atoms with Crippen LogP contribution in [0.3, 0.4) is 0 Å². The van der Waals surface area contributed by atoms with Crippen molar-refractivity contribution in [2.45, 2.75) is 19.4 Å². The number of nitrogens with one attached hydrogen (secondary N) is 2. The number of H-pyrrole nitrogens is 1. The Labute approximate surface area is 226 Å². The number of nitrogens with zero attached hydrogens (tertiary/aromatic N) is 6. The van der Waals surface area contributed by atoms with Crippen LogP contribution in [-0.2, 0) is 6.42 Å². The van der Waals surface area contributed by atoms with E-state index >= 15 is 0 Å². The van der Waals surface area contributed by atoms with Crippen molar-refractivity contribution in [2.75, 3.05) is 5.73 Å². The van der Waals surface area contributed by atoms with Crippen molar-refractivity contribution in [3.8, 4) is 5.69 Å². The number of Topliss-reactive ketones (excluding diaryl/α,β-unsaturated/α-hetero) is 1. The Morgan fingerprint density at radius 3 is 2.70 bits per heavy atom. The van der Waals surface area contributed by atoms with E-state index in [1.807, 2.05) is 6.07 Å². The number of anilines is 1. The fourth-order valence-electron chi connectivity index (χ4n) is 4.71. The molecule has 1 atom stereocenters. The molecule has 0 aliphatic heterocycles. The standard InChI is InChI=1S/C28H23N9O3/c1-16(33-27(39)23-24(29)35-36-12-6-11-30-26(23)36)25-34-20-10-5-7-17(13-21(38)18-14-31-32-15-18)22(20)28(40)37(25)19-8-3-2-4-9-19/h2-12,14-16H,13H2,1H3,(H2,29,35)(H,31,32)(H,33,39)/t16-/m1/s1. The summed E-state index contributed by atoms with van der Waals surface area (Å²) in [7, 11) is 0. The molecule has 0 aliphatic rings. The number of fused-ring (bicyclic) bond motifs is 2. The Bertz CT molecular complexity index is 1940. The highest BCUT2D eigenvalue weighted by molar-refractivity contribution is 6.04. The number of hydrogen-bond acceptors (Lipinski definition) is 8. The maximum Gasteiger partial charge on any atom is 0.266 e. The molecule has 0 saturated carbocycles. The van der Waals surface area contributed by atoms with Gasteiger partial charge in [-0.15, -0.1) is 5.10 Å². The van der Waals surface area contributed by atoms with Gasteiger partial charge >= 0.3 is 0 Å². The second kappa shape index (κ2) is 9.91. The highest BCUT2D eigenvalue weighted by atomic mass is 16.2. The van der Waals surface area contributed by atoms with Crippen molar-refractivity contribution in [1.29, 1.82) is 0 Å². The van der Waals surface area contributed by atoms with Crippen molar-refractivity contribution >= 4 is 34.1 Å². The zero-order valence-corrected chi connectivity index (χ0v) is 21.3. The van der Waals surface area contributed by atoms with Gasteiger partial charge in [0.2, 0.25) is 0 Å². The van der Waals surface area contributed by atoms with Gasteiger partial charge in [0.1, 0.15) is 11.4 Å². The predicted molar refractivity (Wildman–Crippen MR) is 147 cm³/mol. The molecule has 2 aromatic carbocycles. The van der Waals surface area contributed by atoms with E-state index in [1.54, 1.807) is 67.8 Å². The van der Waals surface area contributed by atoms with Gasteiger partial charge in [-0.1, -0.05) is 30.3 Å². The Hall–Kier alpha value is -5.65. The molecule has 12 heteroatoms. The monoisotopic (exact) mass is 533 g/mol. The molecule has 0 spiro atoms. The van der Waals surface area contributed by atoms with Crippen LogP contribution < -0.4 is 16.6 Å². The predicted octanol–water partition coefficient (Wildman–Crippen LogP) is 2.65. The third-order valence-electron chi connectivity index (χ3n) is 6.58. The first-order valence-electron chi connectivity index (χ1n) is 12.4. The smallest absolute Gasteiger partial charge is 0.266 e. The molecule has 0 bridgehead atoms. The SMILES string of the molecule is C[C@@H](NC(=O)c1c(N)nn2cccnc12)c1nc2cccc(CC(=O)c3cn[nH]c3)c2c(=O)n1-c1ccccc1. The molecular weight excluding hydrogens is 510 g/mol. The topological polar surface area (TPSA) is 166 Å². The molecule has 0 fully saturated rings. The number of ketones is 1. The van der Waals surface area contributed by atoms with E-state index < -0.39 is 11.9 Å². The molecule has 0 aliphatic carbocycles. The molecule has 0 saturated heterocycles. The number of amides is 1. The second-order valence-electron chi connectivity index (χ2n) is 9.19. The van der Waals surface area contributed by atoms with Crippen molar-refractivity contribution in [1.82, 2.24) is 39.7 Å². The molecule has 6 aromatic rings. The molecule has 0 unspecified atom stereocenters. The lowest BCUT2D eigenvalue weighted by Gasteiger charge is -2.20. The lowest BCUT2D eigenvalue weighted by atomic mass is 10.0. The van der Waals surface area contributed by atoms with Gasteiger partial charge < -0.3 is 11.1 Å². The largest absolute Gasteiger partial charge is 0.381 e. The average molecular weight is 534 g/mol. The molecule has 4 N–H and O–H groups in total.